The molecule has 0 radical (unpaired) electrons. The van der Waals surface area contributed by atoms with E-state index in [1.807, 2.05) is 13.0 Å². The van der Waals surface area contributed by atoms with E-state index in [9.17, 15) is 0 Å². The predicted molar refractivity (Wildman–Crippen MR) is 57.9 cm³/mol. The first-order chi connectivity index (χ1) is 7.25. The zero-order valence-corrected chi connectivity index (χ0v) is 8.90. The molecule has 1 fully saturated rings. The molecule has 4 nitrogen and oxygen atoms in total. The Morgan fingerprint density at radius 3 is 3.20 bits per heavy atom. The van der Waals surface area contributed by atoms with Crippen molar-refractivity contribution in [2.75, 3.05) is 18.9 Å². The number of aryl methyl sites for hydroxylation is 1. The van der Waals surface area contributed by atoms with Gasteiger partial charge in [0.05, 0.1) is 18.0 Å². The summed E-state index contributed by atoms with van der Waals surface area (Å²) < 4.78 is 11.0. The summed E-state index contributed by atoms with van der Waals surface area (Å²) in [4.78, 5) is 4.14. The van der Waals surface area contributed by atoms with Crippen LogP contribution in [0, 0.1) is 6.92 Å². The van der Waals surface area contributed by atoms with Gasteiger partial charge in [-0.15, -0.1) is 0 Å². The number of nitrogens with zero attached hydrogens (tertiary/aromatic N) is 1. The van der Waals surface area contributed by atoms with Gasteiger partial charge in [0.15, 0.2) is 0 Å². The number of rotatable bonds is 3. The molecule has 1 atom stereocenters. The van der Waals surface area contributed by atoms with Crippen LogP contribution in [0.15, 0.2) is 12.3 Å². The van der Waals surface area contributed by atoms with Gasteiger partial charge in [0.25, 0.3) is 0 Å². The first kappa shape index (κ1) is 10.2. The van der Waals surface area contributed by atoms with Gasteiger partial charge in [-0.2, -0.15) is 0 Å². The topological polar surface area (TPSA) is 57.4 Å². The number of ether oxygens (including phenoxy) is 2. The second-order valence-corrected chi connectivity index (χ2v) is 3.84. The van der Waals surface area contributed by atoms with Crippen LogP contribution in [-0.4, -0.2) is 24.3 Å². The van der Waals surface area contributed by atoms with Gasteiger partial charge in [0, 0.05) is 12.2 Å². The number of aromatic nitrogens is 1. The Kier molecular flexibility index (Phi) is 3.06. The van der Waals surface area contributed by atoms with Crippen molar-refractivity contribution >= 4 is 5.69 Å². The third-order valence-electron chi connectivity index (χ3n) is 2.48. The maximum Gasteiger partial charge on any atom is 0.216 e. The van der Waals surface area contributed by atoms with Crippen LogP contribution in [-0.2, 0) is 4.74 Å². The number of hydrogen-bond donors (Lipinski definition) is 1. The van der Waals surface area contributed by atoms with E-state index in [4.69, 9.17) is 15.2 Å². The minimum Gasteiger partial charge on any atom is -0.475 e. The normalized spacial score (nSPS) is 20.5. The Morgan fingerprint density at radius 2 is 2.53 bits per heavy atom. The van der Waals surface area contributed by atoms with Crippen LogP contribution in [0.2, 0.25) is 0 Å². The Bertz CT molecular complexity index is 335. The molecule has 1 saturated heterocycles. The number of nitrogen functional groups attached to an aromatic ring is 1. The molecule has 82 valence electrons. The molecular weight excluding hydrogens is 192 g/mol. The zero-order valence-electron chi connectivity index (χ0n) is 8.90. The predicted octanol–water partition coefficient (Wildman–Crippen LogP) is 1.53. The smallest absolute Gasteiger partial charge is 0.216 e. The maximum atomic E-state index is 5.60. The summed E-state index contributed by atoms with van der Waals surface area (Å²) in [6.45, 7) is 3.37. The Balaban J connectivity index is 1.92. The third kappa shape index (κ3) is 2.59. The van der Waals surface area contributed by atoms with E-state index in [2.05, 4.69) is 4.98 Å². The van der Waals surface area contributed by atoms with Gasteiger partial charge in [0.2, 0.25) is 5.88 Å². The molecule has 0 aromatic carbocycles. The molecule has 0 amide bonds. The minimum absolute atomic E-state index is 0.226. The van der Waals surface area contributed by atoms with Gasteiger partial charge >= 0.3 is 0 Å². The molecule has 1 aliphatic heterocycles. The first-order valence-electron chi connectivity index (χ1n) is 5.22. The highest BCUT2D eigenvalue weighted by atomic mass is 16.5. The lowest BCUT2D eigenvalue weighted by molar-refractivity contribution is 0.0661. The molecule has 0 saturated carbocycles. The lowest BCUT2D eigenvalue weighted by Crippen LogP contribution is -2.17. The molecular formula is C11H16N2O2. The Hall–Kier alpha value is -1.29. The van der Waals surface area contributed by atoms with Crippen molar-refractivity contribution in [3.8, 4) is 5.88 Å². The minimum atomic E-state index is 0.226. The second kappa shape index (κ2) is 4.49. The van der Waals surface area contributed by atoms with Crippen molar-refractivity contribution in [1.82, 2.24) is 4.98 Å². The zero-order chi connectivity index (χ0) is 10.7. The number of anilines is 1. The van der Waals surface area contributed by atoms with Gasteiger partial charge in [-0.1, -0.05) is 0 Å². The summed E-state index contributed by atoms with van der Waals surface area (Å²) in [5, 5.41) is 0. The fraction of sp³-hybridized carbons (Fsp3) is 0.545. The van der Waals surface area contributed by atoms with Crippen LogP contribution in [0.25, 0.3) is 0 Å². The van der Waals surface area contributed by atoms with Gasteiger partial charge in [0.1, 0.15) is 6.61 Å². The van der Waals surface area contributed by atoms with Crippen molar-refractivity contribution in [3.63, 3.8) is 0 Å². The van der Waals surface area contributed by atoms with Crippen molar-refractivity contribution in [3.05, 3.63) is 17.8 Å². The second-order valence-electron chi connectivity index (χ2n) is 3.84. The molecule has 2 heterocycles. The summed E-state index contributed by atoms with van der Waals surface area (Å²) >= 11 is 0. The fourth-order valence-electron chi connectivity index (χ4n) is 1.68. The van der Waals surface area contributed by atoms with Crippen molar-refractivity contribution in [1.29, 1.82) is 0 Å². The maximum absolute atomic E-state index is 5.60. The van der Waals surface area contributed by atoms with Crippen LogP contribution < -0.4 is 10.5 Å². The number of nitrogens with two attached hydrogens (primary N) is 1. The van der Waals surface area contributed by atoms with Gasteiger partial charge < -0.3 is 15.2 Å². The van der Waals surface area contributed by atoms with Gasteiger partial charge in [-0.25, -0.2) is 4.98 Å². The quantitative estimate of drug-likeness (QED) is 0.818. The molecule has 0 bridgehead atoms. The van der Waals surface area contributed by atoms with Gasteiger partial charge in [-0.05, 0) is 25.8 Å². The average Bonchev–Trinajstić information content (AvgIpc) is 2.69. The van der Waals surface area contributed by atoms with Crippen LogP contribution in [0.4, 0.5) is 5.69 Å². The van der Waals surface area contributed by atoms with E-state index in [1.165, 1.54) is 0 Å². The lowest BCUT2D eigenvalue weighted by atomic mass is 10.2. The molecule has 0 spiro atoms. The molecule has 1 aliphatic rings. The van der Waals surface area contributed by atoms with Crippen molar-refractivity contribution < 1.29 is 9.47 Å². The first-order valence-corrected chi connectivity index (χ1v) is 5.22. The van der Waals surface area contributed by atoms with Crippen LogP contribution in [0.1, 0.15) is 18.4 Å². The summed E-state index contributed by atoms with van der Waals surface area (Å²) in [5.41, 5.74) is 7.23. The number of hydrogen-bond acceptors (Lipinski definition) is 4. The van der Waals surface area contributed by atoms with Gasteiger partial charge in [-0.3, -0.25) is 0 Å². The summed E-state index contributed by atoms with van der Waals surface area (Å²) in [6, 6.07) is 1.86. The monoisotopic (exact) mass is 208 g/mol. The van der Waals surface area contributed by atoms with Crippen molar-refractivity contribution in [2.45, 2.75) is 25.9 Å². The highest BCUT2D eigenvalue weighted by molar-refractivity contribution is 5.41. The SMILES string of the molecule is Cc1cc(N)cnc1OCC1CCCO1. The number of pyridine rings is 1. The Labute approximate surface area is 89.4 Å². The van der Waals surface area contributed by atoms with E-state index >= 15 is 0 Å². The average molecular weight is 208 g/mol. The van der Waals surface area contributed by atoms with Crippen LogP contribution in [0.5, 0.6) is 5.88 Å². The third-order valence-corrected chi connectivity index (χ3v) is 2.48. The fourth-order valence-corrected chi connectivity index (χ4v) is 1.68. The summed E-state index contributed by atoms with van der Waals surface area (Å²) in [6.07, 6.45) is 4.04. The standard InChI is InChI=1S/C11H16N2O2/c1-8-5-9(12)6-13-11(8)15-7-10-3-2-4-14-10/h5-6,10H,2-4,7,12H2,1H3. The van der Waals surface area contributed by atoms with E-state index in [0.717, 1.165) is 25.0 Å². The molecule has 15 heavy (non-hydrogen) atoms. The van der Waals surface area contributed by atoms with Crippen LogP contribution in [0.3, 0.4) is 0 Å². The largest absolute Gasteiger partial charge is 0.475 e. The summed E-state index contributed by atoms with van der Waals surface area (Å²) in [7, 11) is 0. The lowest BCUT2D eigenvalue weighted by Gasteiger charge is -2.12. The Morgan fingerprint density at radius 1 is 1.67 bits per heavy atom. The van der Waals surface area contributed by atoms with Crippen LogP contribution >= 0.6 is 0 Å². The molecule has 1 unspecified atom stereocenters. The van der Waals surface area contributed by atoms with E-state index in [-0.39, 0.29) is 6.10 Å². The van der Waals surface area contributed by atoms with E-state index < -0.39 is 0 Å². The molecule has 2 rings (SSSR count). The highest BCUT2D eigenvalue weighted by Crippen LogP contribution is 2.18. The molecule has 0 aliphatic carbocycles. The molecule has 1 aromatic rings. The molecule has 4 heteroatoms. The molecule has 1 aromatic heterocycles. The van der Waals surface area contributed by atoms with E-state index in [1.54, 1.807) is 6.20 Å². The van der Waals surface area contributed by atoms with Crippen molar-refractivity contribution in [2.24, 2.45) is 0 Å². The summed E-state index contributed by atoms with van der Waals surface area (Å²) in [5.74, 6) is 0.653. The molecule has 2 N–H and O–H groups in total. The van der Waals surface area contributed by atoms with E-state index in [0.29, 0.717) is 18.2 Å². The highest BCUT2D eigenvalue weighted by Gasteiger charge is 2.16.